The zero-order valence-electron chi connectivity index (χ0n) is 10.1. The number of carbonyl (C=O) groups excluding carboxylic acids is 1. The molecule has 0 aliphatic rings. The lowest BCUT2D eigenvalue weighted by molar-refractivity contribution is -0.138. The Morgan fingerprint density at radius 1 is 1.47 bits per heavy atom. The number of hydrogen-bond donors (Lipinski definition) is 2. The van der Waals surface area contributed by atoms with E-state index in [4.69, 9.17) is 5.11 Å². The van der Waals surface area contributed by atoms with Gasteiger partial charge in [-0.3, -0.25) is 4.79 Å². The van der Waals surface area contributed by atoms with Crippen molar-refractivity contribution in [2.45, 2.75) is 25.6 Å². The summed E-state index contributed by atoms with van der Waals surface area (Å²) in [6, 6.07) is 3.35. The van der Waals surface area contributed by atoms with Crippen molar-refractivity contribution in [3.63, 3.8) is 0 Å². The summed E-state index contributed by atoms with van der Waals surface area (Å²) in [5.41, 5.74) is -1.42. The molecule has 19 heavy (non-hydrogen) atoms. The number of aliphatic hydroxyl groups is 1. The van der Waals surface area contributed by atoms with Gasteiger partial charge >= 0.3 is 6.18 Å². The van der Waals surface area contributed by atoms with Crippen LogP contribution in [0.2, 0.25) is 0 Å². The molecule has 3 nitrogen and oxygen atoms in total. The smallest absolute Gasteiger partial charge is 0.393 e. The number of rotatable bonds is 4. The molecule has 0 fully saturated rings. The molecule has 106 valence electrons. The van der Waals surface area contributed by atoms with E-state index in [2.05, 4.69) is 21.2 Å². The van der Waals surface area contributed by atoms with Crippen LogP contribution in [0.25, 0.3) is 0 Å². The maximum absolute atomic E-state index is 12.8. The minimum Gasteiger partial charge on any atom is -0.393 e. The van der Waals surface area contributed by atoms with Gasteiger partial charge in [-0.2, -0.15) is 13.2 Å². The summed E-state index contributed by atoms with van der Waals surface area (Å²) >= 11 is 2.94. The fourth-order valence-electron chi connectivity index (χ4n) is 1.44. The molecule has 1 atom stereocenters. The van der Waals surface area contributed by atoms with E-state index in [-0.39, 0.29) is 17.4 Å². The van der Waals surface area contributed by atoms with Crippen molar-refractivity contribution in [1.29, 1.82) is 0 Å². The highest BCUT2D eigenvalue weighted by atomic mass is 79.9. The Hall–Kier alpha value is -1.08. The van der Waals surface area contributed by atoms with Crippen LogP contribution in [-0.4, -0.2) is 23.7 Å². The minimum absolute atomic E-state index is 0.115. The Kier molecular flexibility index (Phi) is 5.37. The number of amides is 1. The Morgan fingerprint density at radius 2 is 2.11 bits per heavy atom. The highest BCUT2D eigenvalue weighted by Crippen LogP contribution is 2.33. The van der Waals surface area contributed by atoms with Gasteiger partial charge in [0.15, 0.2) is 0 Å². The lowest BCUT2D eigenvalue weighted by atomic mass is 10.1. The largest absolute Gasteiger partial charge is 0.417 e. The van der Waals surface area contributed by atoms with Crippen LogP contribution >= 0.6 is 15.9 Å². The molecule has 1 aromatic carbocycles. The summed E-state index contributed by atoms with van der Waals surface area (Å²) in [6.45, 7) is 1.65. The number of nitrogens with one attached hydrogen (secondary N) is 1. The van der Waals surface area contributed by atoms with Gasteiger partial charge in [-0.25, -0.2) is 0 Å². The fraction of sp³-hybridized carbons (Fsp3) is 0.417. The second kappa shape index (κ2) is 6.38. The maximum Gasteiger partial charge on any atom is 0.417 e. The van der Waals surface area contributed by atoms with E-state index in [0.717, 1.165) is 12.1 Å². The molecule has 0 heterocycles. The molecule has 7 heteroatoms. The van der Waals surface area contributed by atoms with E-state index in [1.165, 1.54) is 13.0 Å². The van der Waals surface area contributed by atoms with Crippen LogP contribution in [0.4, 0.5) is 13.2 Å². The normalized spacial score (nSPS) is 13.2. The molecule has 1 aromatic rings. The molecular formula is C12H13BrF3NO2. The first kappa shape index (κ1) is 16.0. The molecule has 0 aromatic heterocycles. The van der Waals surface area contributed by atoms with Gasteiger partial charge in [0, 0.05) is 11.0 Å². The van der Waals surface area contributed by atoms with Gasteiger partial charge in [-0.15, -0.1) is 0 Å². The number of alkyl halides is 3. The molecule has 0 bridgehead atoms. The number of hydrogen-bond acceptors (Lipinski definition) is 2. The summed E-state index contributed by atoms with van der Waals surface area (Å²) in [5, 5.41) is 11.4. The van der Waals surface area contributed by atoms with Gasteiger partial charge in [0.1, 0.15) is 0 Å². The SMILES string of the molecule is CC(O)CCNC(=O)c1ccc(Br)cc1C(F)(F)F. The Bertz CT molecular complexity index is 461. The molecule has 0 aliphatic heterocycles. The van der Waals surface area contributed by atoms with Crippen LogP contribution in [0.5, 0.6) is 0 Å². The highest BCUT2D eigenvalue weighted by Gasteiger charge is 2.35. The van der Waals surface area contributed by atoms with Gasteiger partial charge in [0.05, 0.1) is 17.2 Å². The molecule has 0 radical (unpaired) electrons. The molecule has 1 rings (SSSR count). The van der Waals surface area contributed by atoms with Crippen LogP contribution in [0.15, 0.2) is 22.7 Å². The van der Waals surface area contributed by atoms with Gasteiger partial charge in [-0.1, -0.05) is 15.9 Å². The predicted molar refractivity (Wildman–Crippen MR) is 67.8 cm³/mol. The zero-order chi connectivity index (χ0) is 14.6. The van der Waals surface area contributed by atoms with Gasteiger partial charge in [0.25, 0.3) is 5.91 Å². The van der Waals surface area contributed by atoms with Crippen LogP contribution in [0, 0.1) is 0 Å². The van der Waals surface area contributed by atoms with E-state index >= 15 is 0 Å². The average molecular weight is 340 g/mol. The second-order valence-corrected chi connectivity index (χ2v) is 5.00. The fourth-order valence-corrected chi connectivity index (χ4v) is 1.80. The maximum atomic E-state index is 12.8. The Morgan fingerprint density at radius 3 is 2.63 bits per heavy atom. The zero-order valence-corrected chi connectivity index (χ0v) is 11.7. The van der Waals surface area contributed by atoms with Crippen LogP contribution in [0.1, 0.15) is 29.3 Å². The van der Waals surface area contributed by atoms with Crippen molar-refractivity contribution < 1.29 is 23.1 Å². The van der Waals surface area contributed by atoms with Crippen molar-refractivity contribution in [1.82, 2.24) is 5.32 Å². The van der Waals surface area contributed by atoms with Crippen LogP contribution in [-0.2, 0) is 6.18 Å². The molecule has 0 saturated carbocycles. The lowest BCUT2D eigenvalue weighted by Crippen LogP contribution is -2.28. The first-order valence-corrected chi connectivity index (χ1v) is 6.34. The standard InChI is InChI=1S/C12H13BrF3NO2/c1-7(18)4-5-17-11(19)9-3-2-8(13)6-10(9)12(14,15)16/h2-3,6-7,18H,4-5H2,1H3,(H,17,19). The average Bonchev–Trinajstić information content (AvgIpc) is 2.27. The molecule has 0 saturated heterocycles. The van der Waals surface area contributed by atoms with Crippen molar-refractivity contribution in [3.05, 3.63) is 33.8 Å². The summed E-state index contributed by atoms with van der Waals surface area (Å²) in [4.78, 5) is 11.7. The first-order chi connectivity index (χ1) is 8.71. The topological polar surface area (TPSA) is 49.3 Å². The molecular weight excluding hydrogens is 327 g/mol. The monoisotopic (exact) mass is 339 g/mol. The molecule has 0 spiro atoms. The number of carbonyl (C=O) groups is 1. The molecule has 2 N–H and O–H groups in total. The predicted octanol–water partition coefficient (Wildman–Crippen LogP) is 2.97. The van der Waals surface area contributed by atoms with Gasteiger partial charge < -0.3 is 10.4 Å². The molecule has 1 amide bonds. The van der Waals surface area contributed by atoms with Crippen molar-refractivity contribution in [2.75, 3.05) is 6.54 Å². The first-order valence-electron chi connectivity index (χ1n) is 5.55. The van der Waals surface area contributed by atoms with Crippen molar-refractivity contribution >= 4 is 21.8 Å². The molecule has 1 unspecified atom stereocenters. The lowest BCUT2D eigenvalue weighted by Gasteiger charge is -2.13. The Labute approximate surface area is 116 Å². The second-order valence-electron chi connectivity index (χ2n) is 4.08. The van der Waals surface area contributed by atoms with E-state index < -0.39 is 29.3 Å². The summed E-state index contributed by atoms with van der Waals surface area (Å²) in [5.74, 6) is -0.805. The van der Waals surface area contributed by atoms with Crippen molar-refractivity contribution in [3.8, 4) is 0 Å². The number of aliphatic hydroxyl groups excluding tert-OH is 1. The third-order valence-electron chi connectivity index (χ3n) is 2.38. The van der Waals surface area contributed by atoms with Gasteiger partial charge in [-0.05, 0) is 31.5 Å². The van der Waals surface area contributed by atoms with Crippen molar-refractivity contribution in [2.24, 2.45) is 0 Å². The van der Waals surface area contributed by atoms with E-state index in [1.807, 2.05) is 0 Å². The van der Waals surface area contributed by atoms with E-state index in [0.29, 0.717) is 0 Å². The summed E-state index contributed by atoms with van der Waals surface area (Å²) in [6.07, 6.45) is -4.93. The summed E-state index contributed by atoms with van der Waals surface area (Å²) < 4.78 is 38.6. The number of halogens is 4. The van der Waals surface area contributed by atoms with E-state index in [9.17, 15) is 18.0 Å². The number of benzene rings is 1. The van der Waals surface area contributed by atoms with E-state index in [1.54, 1.807) is 0 Å². The highest BCUT2D eigenvalue weighted by molar-refractivity contribution is 9.10. The summed E-state index contributed by atoms with van der Waals surface area (Å²) in [7, 11) is 0. The molecule has 0 aliphatic carbocycles. The Balaban J connectivity index is 2.91. The quantitative estimate of drug-likeness (QED) is 0.885. The van der Waals surface area contributed by atoms with Crippen LogP contribution in [0.3, 0.4) is 0 Å². The van der Waals surface area contributed by atoms with Crippen LogP contribution < -0.4 is 5.32 Å². The third-order valence-corrected chi connectivity index (χ3v) is 2.87. The third kappa shape index (κ3) is 4.83. The minimum atomic E-state index is -4.60. The van der Waals surface area contributed by atoms with Gasteiger partial charge in [0.2, 0.25) is 0 Å².